The molecule has 0 spiro atoms. The first-order chi connectivity index (χ1) is 18.2. The fourth-order valence-corrected chi connectivity index (χ4v) is 5.03. The van der Waals surface area contributed by atoms with Crippen molar-refractivity contribution in [2.75, 3.05) is 19.0 Å². The summed E-state index contributed by atoms with van der Waals surface area (Å²) in [5, 5.41) is 3.20. The first kappa shape index (κ1) is 30.4. The van der Waals surface area contributed by atoms with Crippen molar-refractivity contribution in [3.8, 4) is 11.5 Å². The maximum atomic E-state index is 13.1. The van der Waals surface area contributed by atoms with Gasteiger partial charge in [-0.05, 0) is 53.9 Å². The molecule has 1 N–H and O–H groups in total. The van der Waals surface area contributed by atoms with Gasteiger partial charge in [0, 0.05) is 13.1 Å². The Labute approximate surface area is 234 Å². The molecular weight excluding hydrogens is 580 g/mol. The molecule has 0 aliphatic rings. The Morgan fingerprint density at radius 1 is 1.00 bits per heavy atom. The number of benzene rings is 3. The minimum atomic E-state index is -4.74. The fourth-order valence-electron chi connectivity index (χ4n) is 3.56. The first-order valence-electron chi connectivity index (χ1n) is 11.5. The van der Waals surface area contributed by atoms with Crippen molar-refractivity contribution in [1.29, 1.82) is 0 Å². The lowest BCUT2D eigenvalue weighted by atomic mass is 10.1. The summed E-state index contributed by atoms with van der Waals surface area (Å²) in [5.41, 5.74) is -0.432. The van der Waals surface area contributed by atoms with E-state index in [1.54, 1.807) is 24.3 Å². The number of methoxy groups -OCH3 is 1. The van der Waals surface area contributed by atoms with Gasteiger partial charge in [0.05, 0.1) is 28.4 Å². The molecule has 210 valence electrons. The molecule has 7 nitrogen and oxygen atoms in total. The van der Waals surface area contributed by atoms with E-state index in [1.165, 1.54) is 24.1 Å². The monoisotopic (exact) mass is 604 g/mol. The van der Waals surface area contributed by atoms with E-state index in [9.17, 15) is 26.4 Å². The van der Waals surface area contributed by atoms with Crippen molar-refractivity contribution in [1.82, 2.24) is 4.90 Å². The van der Waals surface area contributed by atoms with Crippen molar-refractivity contribution in [2.24, 2.45) is 5.92 Å². The van der Waals surface area contributed by atoms with Crippen LogP contribution in [0.1, 0.15) is 25.0 Å². The van der Waals surface area contributed by atoms with Gasteiger partial charge in [-0.1, -0.05) is 55.2 Å². The number of nitrogens with zero attached hydrogens (tertiary/aromatic N) is 1. The summed E-state index contributed by atoms with van der Waals surface area (Å²) in [4.78, 5) is 13.9. The molecule has 2 amide bonds. The number of alkyl halides is 3. The van der Waals surface area contributed by atoms with Gasteiger partial charge in [-0.25, -0.2) is 4.79 Å². The normalized spacial score (nSPS) is 11.8. The second kappa shape index (κ2) is 12.4. The van der Waals surface area contributed by atoms with Crippen LogP contribution in [0.5, 0.6) is 11.5 Å². The minimum Gasteiger partial charge on any atom is -0.493 e. The zero-order valence-electron chi connectivity index (χ0n) is 21.1. The SMILES string of the molecule is COc1ccc(CN(CC(C)C)C(=O)Nc2c(Cl)cccc2Cl)cc1OS(=O)(=O)c1cccc(C(F)(F)F)c1. The number of hydrogen-bond donors (Lipinski definition) is 1. The standard InChI is InChI=1S/C26H25Cl2F3N2O5S/c1-16(2)14-33(25(34)32-24-20(27)8-5-9-21(24)28)15-17-10-11-22(37-3)23(12-17)38-39(35,36)19-7-4-6-18(13-19)26(29,30)31/h4-13,16H,14-15H2,1-3H3,(H,32,34). The van der Waals surface area contributed by atoms with Crippen molar-refractivity contribution in [3.05, 3.63) is 81.8 Å². The third kappa shape index (κ3) is 7.93. The number of halogens is 5. The molecule has 0 heterocycles. The second-order valence-corrected chi connectivity index (χ2v) is 11.2. The Hall–Kier alpha value is -3.15. The quantitative estimate of drug-likeness (QED) is 0.256. The number of anilines is 1. The van der Waals surface area contributed by atoms with E-state index in [0.29, 0.717) is 18.2 Å². The van der Waals surface area contributed by atoms with Gasteiger partial charge in [0.25, 0.3) is 0 Å². The molecule has 0 saturated carbocycles. The summed E-state index contributed by atoms with van der Waals surface area (Å²) >= 11 is 12.4. The van der Waals surface area contributed by atoms with Crippen LogP contribution in [0, 0.1) is 5.92 Å². The second-order valence-electron chi connectivity index (χ2n) is 8.85. The van der Waals surface area contributed by atoms with E-state index in [0.717, 1.165) is 18.2 Å². The maximum Gasteiger partial charge on any atom is 0.416 e. The average molecular weight is 605 g/mol. The Bertz CT molecular complexity index is 1430. The molecule has 0 unspecified atom stereocenters. The number of ether oxygens (including phenoxy) is 1. The molecule has 0 saturated heterocycles. The first-order valence-corrected chi connectivity index (χ1v) is 13.7. The Kier molecular flexibility index (Phi) is 9.63. The van der Waals surface area contributed by atoms with E-state index in [2.05, 4.69) is 5.32 Å². The summed E-state index contributed by atoms with van der Waals surface area (Å²) in [6.07, 6.45) is -4.74. The van der Waals surface area contributed by atoms with Crippen molar-refractivity contribution < 1.29 is 35.3 Å². The van der Waals surface area contributed by atoms with Gasteiger partial charge in [-0.3, -0.25) is 0 Å². The minimum absolute atomic E-state index is 0.0239. The summed E-state index contributed by atoms with van der Waals surface area (Å²) in [5.74, 6) is -0.170. The Morgan fingerprint density at radius 2 is 1.64 bits per heavy atom. The van der Waals surface area contributed by atoms with Crippen LogP contribution in [0.3, 0.4) is 0 Å². The average Bonchev–Trinajstić information content (AvgIpc) is 2.85. The summed E-state index contributed by atoms with van der Waals surface area (Å²) in [7, 11) is -3.38. The number of rotatable bonds is 9. The number of nitrogens with one attached hydrogen (secondary N) is 1. The molecule has 0 radical (unpaired) electrons. The van der Waals surface area contributed by atoms with Gasteiger partial charge in [0.15, 0.2) is 11.5 Å². The molecule has 0 atom stereocenters. The van der Waals surface area contributed by atoms with Crippen molar-refractivity contribution in [3.63, 3.8) is 0 Å². The largest absolute Gasteiger partial charge is 0.493 e. The van der Waals surface area contributed by atoms with E-state index >= 15 is 0 Å². The number of carbonyl (C=O) groups is 1. The van der Waals surface area contributed by atoms with Crippen LogP contribution in [0.4, 0.5) is 23.7 Å². The fraction of sp³-hybridized carbons (Fsp3) is 0.269. The zero-order chi connectivity index (χ0) is 29.0. The molecule has 3 rings (SSSR count). The van der Waals surface area contributed by atoms with Gasteiger partial charge in [-0.15, -0.1) is 0 Å². The lowest BCUT2D eigenvalue weighted by Crippen LogP contribution is -2.37. The van der Waals surface area contributed by atoms with Gasteiger partial charge in [-0.2, -0.15) is 21.6 Å². The third-order valence-electron chi connectivity index (χ3n) is 5.32. The molecule has 0 bridgehead atoms. The predicted octanol–water partition coefficient (Wildman–Crippen LogP) is 7.48. The molecule has 0 aliphatic carbocycles. The van der Waals surface area contributed by atoms with Crippen LogP contribution in [-0.4, -0.2) is 33.0 Å². The van der Waals surface area contributed by atoms with Crippen LogP contribution in [-0.2, 0) is 22.8 Å². The van der Waals surface area contributed by atoms with E-state index in [1.807, 2.05) is 13.8 Å². The van der Waals surface area contributed by atoms with Crippen LogP contribution in [0.25, 0.3) is 0 Å². The number of carbonyl (C=O) groups excluding carboxylic acids is 1. The summed E-state index contributed by atoms with van der Waals surface area (Å²) in [6.45, 7) is 4.16. The highest BCUT2D eigenvalue weighted by Gasteiger charge is 2.32. The number of amides is 2. The lowest BCUT2D eigenvalue weighted by molar-refractivity contribution is -0.137. The zero-order valence-corrected chi connectivity index (χ0v) is 23.4. The third-order valence-corrected chi connectivity index (χ3v) is 7.18. The van der Waals surface area contributed by atoms with Gasteiger partial charge in [0.1, 0.15) is 4.90 Å². The van der Waals surface area contributed by atoms with Crippen LogP contribution in [0.2, 0.25) is 10.0 Å². The smallest absolute Gasteiger partial charge is 0.416 e. The summed E-state index contributed by atoms with van der Waals surface area (Å²) in [6, 6.07) is 11.9. The predicted molar refractivity (Wildman–Crippen MR) is 143 cm³/mol. The number of urea groups is 1. The molecule has 0 aromatic heterocycles. The molecular formula is C26H25Cl2F3N2O5S. The van der Waals surface area contributed by atoms with E-state index < -0.39 is 32.8 Å². The Balaban J connectivity index is 1.90. The van der Waals surface area contributed by atoms with Gasteiger partial charge < -0.3 is 19.1 Å². The Morgan fingerprint density at radius 3 is 2.23 bits per heavy atom. The number of para-hydroxylation sites is 1. The molecule has 0 aliphatic heterocycles. The molecule has 3 aromatic rings. The van der Waals surface area contributed by atoms with Crippen LogP contribution < -0.4 is 14.2 Å². The highest BCUT2D eigenvalue weighted by Crippen LogP contribution is 2.34. The van der Waals surface area contributed by atoms with Gasteiger partial charge >= 0.3 is 22.3 Å². The highest BCUT2D eigenvalue weighted by molar-refractivity contribution is 7.87. The topological polar surface area (TPSA) is 84.9 Å². The van der Waals surface area contributed by atoms with Crippen LogP contribution in [0.15, 0.2) is 65.6 Å². The van der Waals surface area contributed by atoms with Crippen LogP contribution >= 0.6 is 23.2 Å². The lowest BCUT2D eigenvalue weighted by Gasteiger charge is -2.26. The van der Waals surface area contributed by atoms with Crippen molar-refractivity contribution >= 4 is 45.0 Å². The molecule has 39 heavy (non-hydrogen) atoms. The molecule has 3 aromatic carbocycles. The van der Waals surface area contributed by atoms with E-state index in [4.69, 9.17) is 32.1 Å². The highest BCUT2D eigenvalue weighted by atomic mass is 35.5. The molecule has 13 heteroatoms. The van der Waals surface area contributed by atoms with Gasteiger partial charge in [0.2, 0.25) is 0 Å². The van der Waals surface area contributed by atoms with E-state index in [-0.39, 0.29) is 39.7 Å². The summed E-state index contributed by atoms with van der Waals surface area (Å²) < 4.78 is 75.4. The number of hydrogen-bond acceptors (Lipinski definition) is 5. The maximum absolute atomic E-state index is 13.1. The van der Waals surface area contributed by atoms with Crippen molar-refractivity contribution in [2.45, 2.75) is 31.5 Å². The molecule has 0 fully saturated rings.